The van der Waals surface area contributed by atoms with E-state index in [1.165, 1.54) is 17.4 Å². The highest BCUT2D eigenvalue weighted by molar-refractivity contribution is 7.99. The van der Waals surface area contributed by atoms with E-state index >= 15 is 0 Å². The summed E-state index contributed by atoms with van der Waals surface area (Å²) in [5.74, 6) is 0.368. The summed E-state index contributed by atoms with van der Waals surface area (Å²) >= 11 is 1.70. The predicted octanol–water partition coefficient (Wildman–Crippen LogP) is 4.68. The Morgan fingerprint density at radius 3 is 2.84 bits per heavy atom. The highest BCUT2D eigenvalue weighted by Crippen LogP contribution is 2.37. The molecule has 7 heteroatoms. The summed E-state index contributed by atoms with van der Waals surface area (Å²) in [7, 11) is 1.32. The number of nitrogens with one attached hydrogen (secondary N) is 3. The number of amides is 1. The van der Waals surface area contributed by atoms with Crippen LogP contribution in [0.4, 0.5) is 10.7 Å². The Balaban J connectivity index is 1.67. The second kappa shape index (κ2) is 6.18. The number of aromatic amines is 2. The normalized spacial score (nSPS) is 11.1. The molecule has 6 nitrogen and oxygen atoms in total. The molecule has 0 aliphatic carbocycles. The van der Waals surface area contributed by atoms with Gasteiger partial charge in [-0.15, -0.1) is 0 Å². The van der Waals surface area contributed by atoms with Crippen LogP contribution in [0.15, 0.2) is 52.3 Å². The smallest absolute Gasteiger partial charge is 0.413 e. The lowest BCUT2D eigenvalue weighted by Gasteiger charge is -2.02. The summed E-state index contributed by atoms with van der Waals surface area (Å²) in [5.41, 5.74) is 3.92. The average Bonchev–Trinajstić information content (AvgIpc) is 3.15. The Kier molecular flexibility index (Phi) is 3.85. The molecule has 2 aromatic heterocycles. The third-order valence-corrected chi connectivity index (χ3v) is 5.13. The molecule has 0 aliphatic rings. The molecular weight excluding hydrogens is 336 g/mol. The highest BCUT2D eigenvalue weighted by atomic mass is 32.2. The van der Waals surface area contributed by atoms with Crippen LogP contribution in [0.5, 0.6) is 0 Å². The third-order valence-electron chi connectivity index (χ3n) is 3.91. The Hall–Kier alpha value is -2.93. The first-order chi connectivity index (χ1) is 12.1. The standard InChI is InChI=1S/C18H16N4O2S/c1-10-16(12-5-3-4-6-13(12)19-10)25-11-7-8-14-15(9-11)21-17(20-14)22-18(23)24-2/h3-9,19H,1-2H3,(H2,20,21,22,23). The summed E-state index contributed by atoms with van der Waals surface area (Å²) in [6, 6.07) is 14.2. The minimum atomic E-state index is -0.553. The molecule has 0 saturated carbocycles. The molecule has 25 heavy (non-hydrogen) atoms. The molecule has 1 amide bonds. The fraction of sp³-hybridized carbons (Fsp3) is 0.111. The number of carbonyl (C=O) groups excluding carboxylic acids is 1. The monoisotopic (exact) mass is 352 g/mol. The lowest BCUT2D eigenvalue weighted by Crippen LogP contribution is -2.11. The summed E-state index contributed by atoms with van der Waals surface area (Å²) in [4.78, 5) is 24.4. The van der Waals surface area contributed by atoms with Crippen molar-refractivity contribution in [3.05, 3.63) is 48.2 Å². The zero-order valence-electron chi connectivity index (χ0n) is 13.7. The molecule has 126 valence electrons. The van der Waals surface area contributed by atoms with Crippen LogP contribution in [-0.4, -0.2) is 28.2 Å². The van der Waals surface area contributed by atoms with Crippen LogP contribution in [0.25, 0.3) is 21.9 Å². The minimum absolute atomic E-state index is 0.368. The lowest BCUT2D eigenvalue weighted by molar-refractivity contribution is 0.186. The number of aromatic nitrogens is 3. The zero-order valence-corrected chi connectivity index (χ0v) is 14.5. The first kappa shape index (κ1) is 15.6. The number of H-pyrrole nitrogens is 2. The Labute approximate surface area is 148 Å². The molecule has 0 atom stereocenters. The van der Waals surface area contributed by atoms with Crippen molar-refractivity contribution in [2.45, 2.75) is 16.7 Å². The first-order valence-electron chi connectivity index (χ1n) is 7.74. The highest BCUT2D eigenvalue weighted by Gasteiger charge is 2.11. The second-order valence-corrected chi connectivity index (χ2v) is 6.69. The third kappa shape index (κ3) is 2.94. The summed E-state index contributed by atoms with van der Waals surface area (Å²) < 4.78 is 4.58. The van der Waals surface area contributed by atoms with E-state index in [0.29, 0.717) is 5.95 Å². The van der Waals surface area contributed by atoms with Gasteiger partial charge in [0.25, 0.3) is 0 Å². The number of benzene rings is 2. The molecule has 3 N–H and O–H groups in total. The van der Waals surface area contributed by atoms with E-state index in [1.807, 2.05) is 30.3 Å². The van der Waals surface area contributed by atoms with Gasteiger partial charge in [0.05, 0.1) is 18.1 Å². The number of nitrogens with zero attached hydrogens (tertiary/aromatic N) is 1. The number of hydrogen-bond donors (Lipinski definition) is 3. The van der Waals surface area contributed by atoms with Gasteiger partial charge in [0.15, 0.2) is 0 Å². The maximum absolute atomic E-state index is 11.3. The fourth-order valence-corrected chi connectivity index (χ4v) is 3.80. The number of fused-ring (bicyclic) bond motifs is 2. The topological polar surface area (TPSA) is 82.8 Å². The lowest BCUT2D eigenvalue weighted by atomic mass is 10.2. The Bertz CT molecular complexity index is 1080. The van der Waals surface area contributed by atoms with Crippen molar-refractivity contribution in [2.75, 3.05) is 12.4 Å². The van der Waals surface area contributed by atoms with Crippen molar-refractivity contribution < 1.29 is 9.53 Å². The van der Waals surface area contributed by atoms with E-state index in [9.17, 15) is 4.79 Å². The molecule has 0 unspecified atom stereocenters. The number of methoxy groups -OCH3 is 1. The van der Waals surface area contributed by atoms with E-state index in [4.69, 9.17) is 0 Å². The number of rotatable bonds is 3. The van der Waals surface area contributed by atoms with Crippen molar-refractivity contribution >= 4 is 45.7 Å². The van der Waals surface area contributed by atoms with Crippen LogP contribution >= 0.6 is 11.8 Å². The van der Waals surface area contributed by atoms with Crippen molar-refractivity contribution in [3.63, 3.8) is 0 Å². The SMILES string of the molecule is COC(=O)Nc1nc2ccc(Sc3c(C)[nH]c4ccccc34)cc2[nH]1. The van der Waals surface area contributed by atoms with Crippen molar-refractivity contribution in [2.24, 2.45) is 0 Å². The van der Waals surface area contributed by atoms with Crippen LogP contribution in [0.1, 0.15) is 5.69 Å². The zero-order chi connectivity index (χ0) is 17.4. The first-order valence-corrected chi connectivity index (χ1v) is 8.55. The number of para-hydroxylation sites is 1. The van der Waals surface area contributed by atoms with Gasteiger partial charge in [-0.2, -0.15) is 0 Å². The Morgan fingerprint density at radius 2 is 2.00 bits per heavy atom. The van der Waals surface area contributed by atoms with Gasteiger partial charge in [-0.25, -0.2) is 9.78 Å². The average molecular weight is 352 g/mol. The minimum Gasteiger partial charge on any atom is -0.453 e. The Morgan fingerprint density at radius 1 is 1.16 bits per heavy atom. The van der Waals surface area contributed by atoms with Gasteiger partial charge >= 0.3 is 6.09 Å². The van der Waals surface area contributed by atoms with Crippen molar-refractivity contribution in [1.29, 1.82) is 0 Å². The van der Waals surface area contributed by atoms with Gasteiger partial charge in [0, 0.05) is 26.4 Å². The van der Waals surface area contributed by atoms with E-state index < -0.39 is 6.09 Å². The molecule has 0 bridgehead atoms. The predicted molar refractivity (Wildman–Crippen MR) is 99.3 cm³/mol. The van der Waals surface area contributed by atoms with Gasteiger partial charge in [0.1, 0.15) is 0 Å². The summed E-state index contributed by atoms with van der Waals surface area (Å²) in [5, 5.41) is 3.75. The van der Waals surface area contributed by atoms with Gasteiger partial charge in [-0.3, -0.25) is 5.32 Å². The fourth-order valence-electron chi connectivity index (χ4n) is 2.76. The molecule has 0 fully saturated rings. The van der Waals surface area contributed by atoms with E-state index in [-0.39, 0.29) is 0 Å². The number of carbonyl (C=O) groups is 1. The maximum Gasteiger partial charge on any atom is 0.413 e. The largest absolute Gasteiger partial charge is 0.453 e. The molecular formula is C18H16N4O2S. The number of aryl methyl sites for hydroxylation is 1. The summed E-state index contributed by atoms with van der Waals surface area (Å²) in [6.45, 7) is 2.08. The van der Waals surface area contributed by atoms with Crippen LogP contribution in [0, 0.1) is 6.92 Å². The second-order valence-electron chi connectivity index (χ2n) is 5.61. The van der Waals surface area contributed by atoms with E-state index in [1.54, 1.807) is 11.8 Å². The molecule has 0 spiro atoms. The quantitative estimate of drug-likeness (QED) is 0.500. The summed E-state index contributed by atoms with van der Waals surface area (Å²) in [6.07, 6.45) is -0.553. The van der Waals surface area contributed by atoms with Crippen molar-refractivity contribution in [3.8, 4) is 0 Å². The van der Waals surface area contributed by atoms with Crippen LogP contribution in [-0.2, 0) is 4.74 Å². The van der Waals surface area contributed by atoms with Crippen LogP contribution in [0.3, 0.4) is 0 Å². The van der Waals surface area contributed by atoms with Crippen LogP contribution < -0.4 is 5.32 Å². The van der Waals surface area contributed by atoms with Gasteiger partial charge in [-0.1, -0.05) is 30.0 Å². The molecule has 0 aliphatic heterocycles. The molecule has 4 rings (SSSR count). The van der Waals surface area contributed by atoms with Gasteiger partial charge < -0.3 is 14.7 Å². The number of imidazole rings is 1. The molecule has 0 radical (unpaired) electrons. The molecule has 2 aromatic carbocycles. The maximum atomic E-state index is 11.3. The van der Waals surface area contributed by atoms with E-state index in [2.05, 4.69) is 44.1 Å². The number of hydrogen-bond acceptors (Lipinski definition) is 4. The molecule has 0 saturated heterocycles. The molecule has 4 aromatic rings. The number of anilines is 1. The van der Waals surface area contributed by atoms with Gasteiger partial charge in [0.2, 0.25) is 5.95 Å². The number of ether oxygens (including phenoxy) is 1. The van der Waals surface area contributed by atoms with Gasteiger partial charge in [-0.05, 0) is 31.2 Å². The van der Waals surface area contributed by atoms with E-state index in [0.717, 1.165) is 27.1 Å². The van der Waals surface area contributed by atoms with Crippen LogP contribution in [0.2, 0.25) is 0 Å². The molecule has 2 heterocycles. The van der Waals surface area contributed by atoms with Crippen molar-refractivity contribution in [1.82, 2.24) is 15.0 Å².